The molecule has 9 N–H and O–H groups in total. The van der Waals surface area contributed by atoms with E-state index >= 15 is 0 Å². The van der Waals surface area contributed by atoms with E-state index in [2.05, 4.69) is 8.67 Å². The van der Waals surface area contributed by atoms with E-state index in [0.29, 0.717) is 12.8 Å². The number of ketones is 1. The van der Waals surface area contributed by atoms with Gasteiger partial charge in [0.2, 0.25) is 0 Å². The lowest BCUT2D eigenvalue weighted by molar-refractivity contribution is -0.128. The molecule has 0 heterocycles. The fourth-order valence-electron chi connectivity index (χ4n) is 3.49. The summed E-state index contributed by atoms with van der Waals surface area (Å²) in [5.74, 6) is -0.101. The van der Waals surface area contributed by atoms with Crippen molar-refractivity contribution in [3.05, 3.63) is 0 Å². The lowest BCUT2D eigenvalue weighted by Gasteiger charge is -2.35. The van der Waals surface area contributed by atoms with Gasteiger partial charge in [-0.2, -0.15) is 25.3 Å². The summed E-state index contributed by atoms with van der Waals surface area (Å²) in [6.07, 6.45) is 1.97. The third kappa shape index (κ3) is 7.29. The van der Waals surface area contributed by atoms with Gasteiger partial charge in [-0.05, 0) is 24.2 Å². The summed E-state index contributed by atoms with van der Waals surface area (Å²) >= 11 is 0. The molecule has 2 aliphatic carbocycles. The lowest BCUT2D eigenvalue weighted by atomic mass is 9.70. The topological polar surface area (TPSA) is 269 Å². The van der Waals surface area contributed by atoms with E-state index in [0.717, 1.165) is 6.42 Å². The molecule has 2 bridgehead atoms. The predicted octanol–water partition coefficient (Wildman–Crippen LogP) is 0.134. The zero-order valence-electron chi connectivity index (χ0n) is 14.6. The van der Waals surface area contributed by atoms with E-state index in [-0.39, 0.29) is 29.4 Å². The predicted molar refractivity (Wildman–Crippen MR) is 90.3 cm³/mol. The van der Waals surface area contributed by atoms with Gasteiger partial charge < -0.3 is 12.3 Å². The third-order valence-electron chi connectivity index (χ3n) is 4.77. The minimum Gasteiger partial charge on any atom is -0.344 e. The third-order valence-corrected chi connectivity index (χ3v) is 6.19. The monoisotopic (exact) mass is 460 g/mol. The van der Waals surface area contributed by atoms with Crippen molar-refractivity contribution >= 4 is 36.7 Å². The first-order valence-corrected chi connectivity index (χ1v) is 11.0. The number of carbonyl (C=O) groups excluding carboxylic acids is 1. The molecule has 2 atom stereocenters. The fourth-order valence-corrected chi connectivity index (χ4v) is 5.35. The Bertz CT molecular complexity index is 816. The molecule has 2 aliphatic rings. The molecule has 0 saturated heterocycles. The molecule has 0 radical (unpaired) electrons. The molecule has 17 heteroatoms. The first-order chi connectivity index (χ1) is 10.9. The highest BCUT2D eigenvalue weighted by Gasteiger charge is 2.65. The van der Waals surface area contributed by atoms with Gasteiger partial charge in [-0.3, -0.25) is 18.5 Å². The van der Waals surface area contributed by atoms with E-state index < -0.39 is 42.1 Å². The van der Waals surface area contributed by atoms with Gasteiger partial charge in [0, 0.05) is 6.42 Å². The molecule has 0 aromatic carbocycles. The standard InChI is InChI=1S/C10H16O4S.2H3N.H2O8S2/c1-9(2)7-3-4-10(9,8(11)5-7)6-15(12,13)14;;;1-9(2,3)7-8-10(4,5)6/h7H,3-6H2,1-2H3,(H,12,13,14);2*1H3;(H,1,2,3)(H,4,5,6). The van der Waals surface area contributed by atoms with Gasteiger partial charge in [-0.1, -0.05) is 22.5 Å². The first kappa shape index (κ1) is 28.4. The van der Waals surface area contributed by atoms with Gasteiger partial charge in [-0.25, -0.2) is 0 Å². The van der Waals surface area contributed by atoms with Crippen molar-refractivity contribution in [2.45, 2.75) is 33.1 Å². The minimum absolute atomic E-state index is 0. The van der Waals surface area contributed by atoms with Gasteiger partial charge in [0.1, 0.15) is 5.78 Å². The summed E-state index contributed by atoms with van der Waals surface area (Å²) in [4.78, 5) is 11.9. The number of hydrogen-bond donors (Lipinski definition) is 5. The largest absolute Gasteiger partial charge is 0.425 e. The molecule has 0 aromatic rings. The van der Waals surface area contributed by atoms with Crippen LogP contribution in [0.5, 0.6) is 0 Å². The Labute approximate surface area is 157 Å². The highest BCUT2D eigenvalue weighted by Crippen LogP contribution is 2.64. The Morgan fingerprint density at radius 3 is 1.59 bits per heavy atom. The SMILES string of the molecule is CC1(C)C2CCC1(CS(=O)(=O)O)C(=O)C2.N.N.O=S(=O)(O)OOS(=O)(=O)O. The molecule has 2 fully saturated rings. The van der Waals surface area contributed by atoms with Crippen LogP contribution in [-0.2, 0) is 44.4 Å². The molecule has 14 nitrogen and oxygen atoms in total. The van der Waals surface area contributed by atoms with Crippen LogP contribution in [0.3, 0.4) is 0 Å². The molecular formula is C10H24N2O12S3. The molecule has 164 valence electrons. The Hall–Kier alpha value is -0.760. The fraction of sp³-hybridized carbons (Fsp3) is 0.900. The van der Waals surface area contributed by atoms with Crippen LogP contribution in [0.2, 0.25) is 0 Å². The van der Waals surface area contributed by atoms with E-state index in [9.17, 15) is 30.0 Å². The molecule has 2 unspecified atom stereocenters. The Morgan fingerprint density at radius 2 is 1.37 bits per heavy atom. The molecule has 2 saturated carbocycles. The molecule has 0 spiro atoms. The maximum atomic E-state index is 11.9. The van der Waals surface area contributed by atoms with Crippen molar-refractivity contribution in [2.24, 2.45) is 16.7 Å². The van der Waals surface area contributed by atoms with Gasteiger partial charge in [0.25, 0.3) is 10.1 Å². The van der Waals surface area contributed by atoms with Gasteiger partial charge in [-0.15, -0.1) is 0 Å². The Kier molecular flexibility index (Phi) is 9.19. The molecule has 0 amide bonds. The van der Waals surface area contributed by atoms with Crippen LogP contribution in [0.25, 0.3) is 0 Å². The number of hydrogen-bond acceptors (Lipinski definition) is 11. The zero-order valence-corrected chi connectivity index (χ0v) is 17.0. The summed E-state index contributed by atoms with van der Waals surface area (Å²) < 4.78 is 89.8. The Morgan fingerprint density at radius 1 is 0.963 bits per heavy atom. The van der Waals surface area contributed by atoms with Crippen molar-refractivity contribution in [1.82, 2.24) is 12.3 Å². The minimum atomic E-state index is -5.02. The van der Waals surface area contributed by atoms with Crippen LogP contribution >= 0.6 is 0 Å². The average molecular weight is 461 g/mol. The summed E-state index contributed by atoms with van der Waals surface area (Å²) in [7, 11) is -14.1. The second-order valence-corrected chi connectivity index (χ2v) is 9.82. The second kappa shape index (κ2) is 8.72. The summed E-state index contributed by atoms with van der Waals surface area (Å²) in [6, 6.07) is 0. The Balaban J connectivity index is 0. The van der Waals surface area contributed by atoms with Crippen LogP contribution in [0.4, 0.5) is 0 Å². The zero-order chi connectivity index (χ0) is 19.9. The van der Waals surface area contributed by atoms with Crippen LogP contribution in [0.15, 0.2) is 0 Å². The van der Waals surface area contributed by atoms with Crippen LogP contribution in [-0.4, -0.2) is 50.4 Å². The summed E-state index contributed by atoms with van der Waals surface area (Å²) in [6.45, 7) is 3.89. The molecule has 27 heavy (non-hydrogen) atoms. The van der Waals surface area contributed by atoms with Crippen LogP contribution in [0, 0.1) is 16.7 Å². The van der Waals surface area contributed by atoms with E-state index in [4.69, 9.17) is 13.7 Å². The highest BCUT2D eigenvalue weighted by atomic mass is 32.3. The normalized spacial score (nSPS) is 26.4. The summed E-state index contributed by atoms with van der Waals surface area (Å²) in [5, 5.41) is 0. The molecule has 0 aliphatic heterocycles. The number of fused-ring (bicyclic) bond motifs is 2. The maximum Gasteiger partial charge on any atom is 0.425 e. The van der Waals surface area contributed by atoms with Gasteiger partial charge >= 0.3 is 20.8 Å². The number of rotatable bonds is 5. The van der Waals surface area contributed by atoms with Crippen molar-refractivity contribution in [2.75, 3.05) is 5.75 Å². The second-order valence-electron chi connectivity index (χ2n) is 6.38. The smallest absolute Gasteiger partial charge is 0.344 e. The molecular weight excluding hydrogens is 436 g/mol. The van der Waals surface area contributed by atoms with E-state index in [1.807, 2.05) is 13.8 Å². The quantitative estimate of drug-likeness (QED) is 0.207. The van der Waals surface area contributed by atoms with E-state index in [1.165, 1.54) is 0 Å². The van der Waals surface area contributed by atoms with Crippen molar-refractivity contribution in [3.8, 4) is 0 Å². The van der Waals surface area contributed by atoms with E-state index in [1.54, 1.807) is 0 Å². The van der Waals surface area contributed by atoms with Crippen LogP contribution < -0.4 is 12.3 Å². The van der Waals surface area contributed by atoms with Gasteiger partial charge in [0.15, 0.2) is 0 Å². The first-order valence-electron chi connectivity index (χ1n) is 6.71. The number of Topliss-reactive ketones (excluding diaryl/α,β-unsaturated/α-hetero) is 1. The van der Waals surface area contributed by atoms with Crippen LogP contribution in [0.1, 0.15) is 33.1 Å². The average Bonchev–Trinajstić information content (AvgIpc) is 2.67. The lowest BCUT2D eigenvalue weighted by Crippen LogP contribution is -2.42. The molecule has 0 aromatic heterocycles. The van der Waals surface area contributed by atoms with Gasteiger partial charge in [0.05, 0.1) is 11.2 Å². The van der Waals surface area contributed by atoms with Crippen molar-refractivity contribution in [3.63, 3.8) is 0 Å². The maximum absolute atomic E-state index is 11.9. The van der Waals surface area contributed by atoms with Crippen molar-refractivity contribution < 1.29 is 52.4 Å². The molecule has 2 rings (SSSR count). The summed E-state index contributed by atoms with van der Waals surface area (Å²) in [5.41, 5.74) is -1.12. The van der Waals surface area contributed by atoms with Crippen molar-refractivity contribution in [1.29, 1.82) is 0 Å². The number of carbonyl (C=O) groups is 1. The highest BCUT2D eigenvalue weighted by molar-refractivity contribution is 7.85.